The fourth-order valence-electron chi connectivity index (χ4n) is 6.40. The topological polar surface area (TPSA) is 63.6 Å². The van der Waals surface area contributed by atoms with Gasteiger partial charge in [-0.25, -0.2) is 0 Å². The average Bonchev–Trinajstić information content (AvgIpc) is 2.71. The van der Waals surface area contributed by atoms with Crippen LogP contribution in [0.15, 0.2) is 0 Å². The summed E-state index contributed by atoms with van der Waals surface area (Å²) in [5.74, 6) is -0.0720. The fourth-order valence-corrected chi connectivity index (χ4v) is 6.40. The summed E-state index contributed by atoms with van der Waals surface area (Å²) >= 11 is 0. The molecule has 0 heterocycles. The van der Waals surface area contributed by atoms with Crippen LogP contribution < -0.4 is 0 Å². The maximum Gasteiger partial charge on any atom is 0.309 e. The van der Waals surface area contributed by atoms with Gasteiger partial charge in [0, 0.05) is 0 Å². The highest BCUT2D eigenvalue weighted by molar-refractivity contribution is 5.81. The van der Waals surface area contributed by atoms with Crippen LogP contribution in [0.25, 0.3) is 0 Å². The van der Waals surface area contributed by atoms with Crippen LogP contribution in [0.4, 0.5) is 0 Å². The number of carboxylic acids is 1. The maximum atomic E-state index is 12.8. The van der Waals surface area contributed by atoms with Gasteiger partial charge in [-0.2, -0.15) is 0 Å². The molecule has 2 fully saturated rings. The van der Waals surface area contributed by atoms with Gasteiger partial charge in [-0.15, -0.1) is 0 Å². The zero-order valence-electron chi connectivity index (χ0n) is 20.8. The van der Waals surface area contributed by atoms with E-state index in [2.05, 4.69) is 34.6 Å². The van der Waals surface area contributed by atoms with Crippen molar-refractivity contribution in [3.63, 3.8) is 0 Å². The van der Waals surface area contributed by atoms with Gasteiger partial charge < -0.3 is 9.84 Å². The molecule has 0 aliphatic heterocycles. The summed E-state index contributed by atoms with van der Waals surface area (Å²) in [6, 6.07) is 0. The number of carboxylic acid groups (broad SMARTS) is 1. The van der Waals surface area contributed by atoms with Gasteiger partial charge in [0.2, 0.25) is 0 Å². The number of ether oxygens (including phenoxy) is 1. The number of carbonyl (C=O) groups is 2. The van der Waals surface area contributed by atoms with Crippen LogP contribution in [-0.2, 0) is 14.3 Å². The Hall–Kier alpha value is -1.06. The molecule has 0 aromatic rings. The second-order valence-electron chi connectivity index (χ2n) is 11.3. The number of carbonyl (C=O) groups excluding carboxylic acids is 1. The third kappa shape index (κ3) is 7.22. The Labute approximate surface area is 190 Å². The minimum atomic E-state index is -0.848. The molecule has 2 rings (SSSR count). The molecule has 0 saturated heterocycles. The lowest BCUT2D eigenvalue weighted by Gasteiger charge is -2.48. The highest BCUT2D eigenvalue weighted by atomic mass is 16.5. The first-order valence-electron chi connectivity index (χ1n) is 13.1. The van der Waals surface area contributed by atoms with E-state index in [-0.39, 0.29) is 11.4 Å². The average molecular weight is 437 g/mol. The van der Waals surface area contributed by atoms with Crippen LogP contribution in [0.1, 0.15) is 112 Å². The summed E-state index contributed by atoms with van der Waals surface area (Å²) in [4.78, 5) is 24.5. The number of unbranched alkanes of at least 4 members (excludes halogenated alkanes) is 5. The van der Waals surface area contributed by atoms with E-state index in [1.54, 1.807) is 0 Å². The monoisotopic (exact) mass is 436 g/mol. The van der Waals surface area contributed by atoms with Crippen LogP contribution in [0.3, 0.4) is 0 Å². The summed E-state index contributed by atoms with van der Waals surface area (Å²) in [7, 11) is 0. The lowest BCUT2D eigenvalue weighted by molar-refractivity contribution is -0.163. The molecule has 0 aromatic heterocycles. The minimum absolute atomic E-state index is 0.147. The molecule has 6 atom stereocenters. The molecule has 2 aliphatic carbocycles. The molecular formula is C27H48O4. The van der Waals surface area contributed by atoms with Crippen LogP contribution in [-0.4, -0.2) is 23.7 Å². The van der Waals surface area contributed by atoms with Gasteiger partial charge in [0.05, 0.1) is 18.4 Å². The number of esters is 1. The van der Waals surface area contributed by atoms with Crippen molar-refractivity contribution in [1.82, 2.24) is 0 Å². The van der Waals surface area contributed by atoms with Crippen LogP contribution in [0.2, 0.25) is 0 Å². The third-order valence-corrected chi connectivity index (χ3v) is 8.69. The molecule has 180 valence electrons. The predicted octanol–water partition coefficient (Wildman–Crippen LogP) is 7.11. The van der Waals surface area contributed by atoms with Gasteiger partial charge >= 0.3 is 11.9 Å². The Morgan fingerprint density at radius 2 is 1.61 bits per heavy atom. The van der Waals surface area contributed by atoms with Gasteiger partial charge in [-0.05, 0) is 61.2 Å². The molecule has 0 radical (unpaired) electrons. The Kier molecular flexibility index (Phi) is 10.4. The second kappa shape index (κ2) is 12.3. The van der Waals surface area contributed by atoms with Gasteiger partial charge in [0.1, 0.15) is 0 Å². The van der Waals surface area contributed by atoms with E-state index in [4.69, 9.17) is 4.74 Å². The van der Waals surface area contributed by atoms with Crippen LogP contribution >= 0.6 is 0 Å². The molecule has 1 N–H and O–H groups in total. The van der Waals surface area contributed by atoms with Gasteiger partial charge in [0.25, 0.3) is 0 Å². The smallest absolute Gasteiger partial charge is 0.309 e. The Morgan fingerprint density at radius 1 is 0.935 bits per heavy atom. The fraction of sp³-hybridized carbons (Fsp3) is 0.926. The molecule has 4 nitrogen and oxygen atoms in total. The quantitative estimate of drug-likeness (QED) is 0.277. The first kappa shape index (κ1) is 26.2. The van der Waals surface area contributed by atoms with Crippen LogP contribution in [0.5, 0.6) is 0 Å². The van der Waals surface area contributed by atoms with Gasteiger partial charge in [-0.3, -0.25) is 9.59 Å². The van der Waals surface area contributed by atoms with Crippen molar-refractivity contribution in [2.24, 2.45) is 40.9 Å². The highest BCUT2D eigenvalue weighted by Crippen LogP contribution is 2.50. The second-order valence-corrected chi connectivity index (χ2v) is 11.3. The molecule has 0 amide bonds. The summed E-state index contributed by atoms with van der Waals surface area (Å²) < 4.78 is 5.82. The summed E-state index contributed by atoms with van der Waals surface area (Å²) in [5, 5.41) is 9.58. The predicted molar refractivity (Wildman–Crippen MR) is 126 cm³/mol. The van der Waals surface area contributed by atoms with Gasteiger partial charge in [0.15, 0.2) is 0 Å². The molecule has 0 spiro atoms. The van der Waals surface area contributed by atoms with E-state index in [1.807, 2.05) is 0 Å². The molecular weight excluding hydrogens is 388 g/mol. The molecule has 31 heavy (non-hydrogen) atoms. The highest BCUT2D eigenvalue weighted by Gasteiger charge is 2.44. The first-order chi connectivity index (χ1) is 14.7. The van der Waals surface area contributed by atoms with E-state index in [0.717, 1.165) is 12.8 Å². The summed E-state index contributed by atoms with van der Waals surface area (Å²) in [5.41, 5.74) is 0.147. The molecule has 6 unspecified atom stereocenters. The summed E-state index contributed by atoms with van der Waals surface area (Å²) in [6.45, 7) is 11.9. The molecule has 2 aliphatic rings. The maximum absolute atomic E-state index is 12.8. The Balaban J connectivity index is 1.88. The van der Waals surface area contributed by atoms with Crippen molar-refractivity contribution < 1.29 is 19.4 Å². The van der Waals surface area contributed by atoms with Crippen molar-refractivity contribution in [1.29, 1.82) is 0 Å². The van der Waals surface area contributed by atoms with Gasteiger partial charge in [-0.1, -0.05) is 79.6 Å². The first-order valence-corrected chi connectivity index (χ1v) is 13.1. The third-order valence-electron chi connectivity index (χ3n) is 8.69. The molecule has 0 bridgehead atoms. The Morgan fingerprint density at radius 3 is 2.29 bits per heavy atom. The van der Waals surface area contributed by atoms with Crippen LogP contribution in [0, 0.1) is 40.9 Å². The van der Waals surface area contributed by atoms with Crippen molar-refractivity contribution >= 4 is 11.9 Å². The standard InChI is InChI=1S/C27H48O4/c1-6-7-8-9-10-11-12-24-20(3)14-15-21(27(24,4)5)18-31-26(30)22-16-13-19(2)17-23(22)25(28)29/h19-24H,6-18H2,1-5H3,(H,28,29). The number of hydrogen-bond acceptors (Lipinski definition) is 3. The zero-order chi connectivity index (χ0) is 23.0. The van der Waals surface area contributed by atoms with E-state index in [9.17, 15) is 14.7 Å². The van der Waals surface area contributed by atoms with Crippen molar-refractivity contribution in [2.75, 3.05) is 6.61 Å². The largest absolute Gasteiger partial charge is 0.481 e. The SMILES string of the molecule is CCCCCCCCC1C(C)CCC(COC(=O)C2CCC(C)CC2C(=O)O)C1(C)C. The summed E-state index contributed by atoms with van der Waals surface area (Å²) in [6.07, 6.45) is 13.7. The number of rotatable bonds is 11. The zero-order valence-corrected chi connectivity index (χ0v) is 20.8. The lowest BCUT2D eigenvalue weighted by atomic mass is 9.57. The van der Waals surface area contributed by atoms with E-state index in [0.29, 0.717) is 43.1 Å². The molecule has 4 heteroatoms. The lowest BCUT2D eigenvalue weighted by Crippen LogP contribution is -2.44. The van der Waals surface area contributed by atoms with Crippen molar-refractivity contribution in [3.05, 3.63) is 0 Å². The minimum Gasteiger partial charge on any atom is -0.481 e. The van der Waals surface area contributed by atoms with E-state index < -0.39 is 17.8 Å². The normalized spacial score (nSPS) is 33.1. The van der Waals surface area contributed by atoms with E-state index in [1.165, 1.54) is 51.4 Å². The molecule has 0 aromatic carbocycles. The Bertz CT molecular complexity index is 570. The molecule has 2 saturated carbocycles. The number of aliphatic carboxylic acids is 1. The van der Waals surface area contributed by atoms with Crippen molar-refractivity contribution in [3.8, 4) is 0 Å². The van der Waals surface area contributed by atoms with Crippen molar-refractivity contribution in [2.45, 2.75) is 112 Å². The van der Waals surface area contributed by atoms with E-state index >= 15 is 0 Å². The number of hydrogen-bond donors (Lipinski definition) is 1.